The van der Waals surface area contributed by atoms with Crippen LogP contribution in [0.1, 0.15) is 79.1 Å². The summed E-state index contributed by atoms with van der Waals surface area (Å²) in [5.41, 5.74) is -1.17. The molecule has 0 radical (unpaired) electrons. The highest BCUT2D eigenvalue weighted by Gasteiger charge is 2.72. The predicted octanol–water partition coefficient (Wildman–Crippen LogP) is 2.36. The zero-order valence-electron chi connectivity index (χ0n) is 24.4. The van der Waals surface area contributed by atoms with Crippen LogP contribution < -0.4 is 0 Å². The molecule has 6 fully saturated rings. The molecule has 10 nitrogen and oxygen atoms in total. The number of rotatable bonds is 2. The molecule has 4 aliphatic carbocycles. The fourth-order valence-electron chi connectivity index (χ4n) is 10.7. The summed E-state index contributed by atoms with van der Waals surface area (Å²) in [7, 11) is 0. The predicted molar refractivity (Wildman–Crippen MR) is 142 cm³/mol. The average Bonchev–Trinajstić information content (AvgIpc) is 3.41. The number of aliphatic hydroxyl groups is 3. The third-order valence-electron chi connectivity index (χ3n) is 12.6. The number of carbonyl (C=O) groups excluding carboxylic acids is 2. The minimum Gasteiger partial charge on any atom is -0.458 e. The Hall–Kier alpha value is -1.56. The lowest BCUT2D eigenvalue weighted by atomic mass is 9.42. The highest BCUT2D eigenvalue weighted by Crippen LogP contribution is 2.70. The summed E-state index contributed by atoms with van der Waals surface area (Å²) < 4.78 is 29.5. The summed E-state index contributed by atoms with van der Waals surface area (Å²) in [5, 5.41) is 35.7. The summed E-state index contributed by atoms with van der Waals surface area (Å²) in [6.07, 6.45) is 3.19. The van der Waals surface area contributed by atoms with Crippen molar-refractivity contribution in [1.82, 2.24) is 0 Å². The molecule has 3 aliphatic heterocycles. The molecule has 0 spiro atoms. The van der Waals surface area contributed by atoms with E-state index in [0.29, 0.717) is 25.2 Å². The number of ether oxygens (including phenoxy) is 5. The van der Waals surface area contributed by atoms with Gasteiger partial charge in [-0.05, 0) is 86.5 Å². The largest absolute Gasteiger partial charge is 0.458 e. The van der Waals surface area contributed by atoms with E-state index in [9.17, 15) is 24.9 Å². The van der Waals surface area contributed by atoms with Crippen LogP contribution in [0, 0.1) is 34.5 Å². The summed E-state index contributed by atoms with van der Waals surface area (Å²) in [5.74, 6) is -2.48. The minimum absolute atomic E-state index is 0.106. The molecule has 7 aliphatic rings. The molecule has 0 aromatic rings. The molecular formula is C31H44O10. The van der Waals surface area contributed by atoms with Crippen LogP contribution in [0.2, 0.25) is 0 Å². The maximum Gasteiger partial charge on any atom is 0.331 e. The van der Waals surface area contributed by atoms with Crippen LogP contribution in [0.15, 0.2) is 11.6 Å². The molecule has 7 rings (SSSR count). The normalized spacial score (nSPS) is 55.9. The van der Waals surface area contributed by atoms with Gasteiger partial charge in [-0.3, -0.25) is 4.79 Å². The number of esters is 2. The van der Waals surface area contributed by atoms with Gasteiger partial charge in [-0.2, -0.15) is 0 Å². The van der Waals surface area contributed by atoms with Crippen molar-refractivity contribution in [3.05, 3.63) is 11.6 Å². The zero-order valence-corrected chi connectivity index (χ0v) is 24.4. The van der Waals surface area contributed by atoms with Gasteiger partial charge in [-0.15, -0.1) is 0 Å². The first-order chi connectivity index (χ1) is 19.3. The first-order valence-corrected chi connectivity index (χ1v) is 15.5. The summed E-state index contributed by atoms with van der Waals surface area (Å²) in [6.45, 7) is 7.78. The van der Waals surface area contributed by atoms with Gasteiger partial charge < -0.3 is 39.0 Å². The minimum atomic E-state index is -1.90. The Morgan fingerprint density at radius 2 is 1.83 bits per heavy atom. The summed E-state index contributed by atoms with van der Waals surface area (Å²) in [6, 6.07) is 0. The third kappa shape index (κ3) is 3.83. The van der Waals surface area contributed by atoms with Crippen molar-refractivity contribution >= 4 is 11.9 Å². The number of aliphatic hydroxyl groups excluding tert-OH is 1. The van der Waals surface area contributed by atoms with Gasteiger partial charge in [0.15, 0.2) is 6.10 Å². The Labute approximate surface area is 240 Å². The van der Waals surface area contributed by atoms with E-state index in [4.69, 9.17) is 23.7 Å². The lowest BCUT2D eigenvalue weighted by Gasteiger charge is -2.65. The van der Waals surface area contributed by atoms with E-state index < -0.39 is 47.4 Å². The molecule has 3 heterocycles. The molecule has 2 saturated heterocycles. The average molecular weight is 577 g/mol. The lowest BCUT2D eigenvalue weighted by molar-refractivity contribution is -0.458. The van der Waals surface area contributed by atoms with Gasteiger partial charge in [0.25, 0.3) is 5.79 Å². The summed E-state index contributed by atoms with van der Waals surface area (Å²) in [4.78, 5) is 23.8. The maximum absolute atomic E-state index is 12.5. The Bertz CT molecular complexity index is 1160. The van der Waals surface area contributed by atoms with Crippen LogP contribution in [0.5, 0.6) is 0 Å². The molecule has 10 heteroatoms. The number of fused-ring (bicyclic) bond motifs is 7. The standard InChI is InChI=1S/C31H44O10/c1-15-9-25(39-16(2)32)31(36)27(38-15)40-22-11-18-5-6-20-19(28(18,3)13-23(22)41-31)7-8-29(4)21(12-24(33)30(20,29)35)17-10-26(34)37-14-17/h10,15,18-25,27,33,35-36H,5-9,11-14H2,1-4H3. The van der Waals surface area contributed by atoms with Gasteiger partial charge in [-0.25, -0.2) is 4.79 Å². The van der Waals surface area contributed by atoms with Crippen LogP contribution in [0.4, 0.5) is 0 Å². The second-order valence-corrected chi connectivity index (χ2v) is 14.5. The summed E-state index contributed by atoms with van der Waals surface area (Å²) >= 11 is 0. The molecule has 0 aromatic heterocycles. The Morgan fingerprint density at radius 1 is 1.05 bits per heavy atom. The van der Waals surface area contributed by atoms with Crippen molar-refractivity contribution in [1.29, 1.82) is 0 Å². The quantitative estimate of drug-likeness (QED) is 0.331. The van der Waals surface area contributed by atoms with E-state index in [1.54, 1.807) is 6.08 Å². The smallest absolute Gasteiger partial charge is 0.331 e. The van der Waals surface area contributed by atoms with Crippen molar-refractivity contribution in [2.45, 2.75) is 127 Å². The van der Waals surface area contributed by atoms with Crippen molar-refractivity contribution in [3.8, 4) is 0 Å². The van der Waals surface area contributed by atoms with E-state index in [1.807, 2.05) is 6.92 Å². The molecule has 14 atom stereocenters. The van der Waals surface area contributed by atoms with Crippen molar-refractivity contribution in [3.63, 3.8) is 0 Å². The van der Waals surface area contributed by atoms with Crippen molar-refractivity contribution in [2.24, 2.45) is 34.5 Å². The second kappa shape index (κ2) is 9.22. The Kier molecular flexibility index (Phi) is 6.35. The van der Waals surface area contributed by atoms with Crippen LogP contribution in [-0.4, -0.2) is 82.1 Å². The molecule has 41 heavy (non-hydrogen) atoms. The SMILES string of the molecule is CC(=O)OC1CC(C)OC2OC3CC4CCC5C(CCC6(C)C(C7=CC(=O)OC7)CC(O)C56O)C4(C)CC3OC12O. The second-order valence-electron chi connectivity index (χ2n) is 14.5. The topological polar surface area (TPSA) is 141 Å². The first kappa shape index (κ1) is 28.2. The van der Waals surface area contributed by atoms with Gasteiger partial charge in [0.1, 0.15) is 6.61 Å². The molecule has 4 saturated carbocycles. The maximum atomic E-state index is 12.5. The van der Waals surface area contributed by atoms with Crippen molar-refractivity contribution in [2.75, 3.05) is 6.61 Å². The van der Waals surface area contributed by atoms with Gasteiger partial charge >= 0.3 is 11.9 Å². The zero-order chi connectivity index (χ0) is 29.1. The van der Waals surface area contributed by atoms with E-state index in [-0.39, 0.29) is 48.0 Å². The number of cyclic esters (lactones) is 1. The molecular weight excluding hydrogens is 532 g/mol. The number of carbonyl (C=O) groups is 2. The van der Waals surface area contributed by atoms with Gasteiger partial charge in [-0.1, -0.05) is 13.8 Å². The number of hydrogen-bond donors (Lipinski definition) is 3. The fraction of sp³-hybridized carbons (Fsp3) is 0.871. The van der Waals surface area contributed by atoms with E-state index >= 15 is 0 Å². The molecule has 228 valence electrons. The molecule has 0 amide bonds. The van der Waals surface area contributed by atoms with Gasteiger partial charge in [0.2, 0.25) is 6.29 Å². The lowest BCUT2D eigenvalue weighted by Crippen LogP contribution is -2.71. The third-order valence-corrected chi connectivity index (χ3v) is 12.6. The van der Waals surface area contributed by atoms with Crippen LogP contribution in [-0.2, 0) is 33.3 Å². The first-order valence-electron chi connectivity index (χ1n) is 15.5. The van der Waals surface area contributed by atoms with Crippen molar-refractivity contribution < 1.29 is 48.6 Å². The molecule has 3 N–H and O–H groups in total. The van der Waals surface area contributed by atoms with E-state index in [1.165, 1.54) is 6.92 Å². The molecule has 14 unspecified atom stereocenters. The van der Waals surface area contributed by atoms with Crippen LogP contribution in [0.25, 0.3) is 0 Å². The van der Waals surface area contributed by atoms with Gasteiger partial charge in [0, 0.05) is 24.8 Å². The molecule has 0 aromatic carbocycles. The van der Waals surface area contributed by atoms with Crippen LogP contribution >= 0.6 is 0 Å². The van der Waals surface area contributed by atoms with E-state index in [0.717, 1.165) is 37.7 Å². The highest BCUT2D eigenvalue weighted by atomic mass is 16.8. The highest BCUT2D eigenvalue weighted by molar-refractivity contribution is 5.85. The monoisotopic (exact) mass is 576 g/mol. The van der Waals surface area contributed by atoms with E-state index in [2.05, 4.69) is 13.8 Å². The molecule has 0 bridgehead atoms. The Balaban J connectivity index is 1.17. The Morgan fingerprint density at radius 3 is 2.54 bits per heavy atom. The fourth-order valence-corrected chi connectivity index (χ4v) is 10.7. The van der Waals surface area contributed by atoms with Gasteiger partial charge in [0.05, 0.1) is 30.0 Å². The number of hydrogen-bond acceptors (Lipinski definition) is 10. The van der Waals surface area contributed by atoms with Crippen LogP contribution in [0.3, 0.4) is 0 Å².